The van der Waals surface area contributed by atoms with Crippen LogP contribution in [0.25, 0.3) is 21.3 Å². The van der Waals surface area contributed by atoms with Crippen LogP contribution in [0.15, 0.2) is 35.4 Å². The number of aromatic nitrogens is 1. The van der Waals surface area contributed by atoms with Crippen molar-refractivity contribution < 1.29 is 9.53 Å². The van der Waals surface area contributed by atoms with E-state index in [1.165, 1.54) is 6.07 Å². The number of fused-ring (bicyclic) bond motifs is 1. The summed E-state index contributed by atoms with van der Waals surface area (Å²) < 4.78 is 4.87. The monoisotopic (exact) mass is 242 g/mol. The van der Waals surface area contributed by atoms with E-state index in [2.05, 4.69) is 15.0 Å². The van der Waals surface area contributed by atoms with Gasteiger partial charge in [0, 0.05) is 16.0 Å². The molecular weight excluding hydrogens is 232 g/mol. The summed E-state index contributed by atoms with van der Waals surface area (Å²) in [6.07, 6.45) is 0. The van der Waals surface area contributed by atoms with E-state index in [1.54, 1.807) is 25.1 Å². The Labute approximate surface area is 103 Å². The number of para-hydroxylation sites is 1. The van der Waals surface area contributed by atoms with E-state index in [0.29, 0.717) is 16.6 Å². The van der Waals surface area contributed by atoms with Crippen molar-refractivity contribution in [3.63, 3.8) is 0 Å². The summed E-state index contributed by atoms with van der Waals surface area (Å²) in [5, 5.41) is 4.27. The maximum atomic E-state index is 11.6. The van der Waals surface area contributed by atoms with Crippen LogP contribution < -0.4 is 0 Å². The second-order valence-electron chi connectivity index (χ2n) is 3.45. The van der Waals surface area contributed by atoms with Crippen LogP contribution in [0.3, 0.4) is 0 Å². The highest BCUT2D eigenvalue weighted by Crippen LogP contribution is 2.26. The Morgan fingerprint density at radius 3 is 3.00 bits per heavy atom. The molecule has 0 aliphatic rings. The molecule has 0 unspecified atom stereocenters. The molecule has 90 valence electrons. The van der Waals surface area contributed by atoms with Gasteiger partial charge in [-0.1, -0.05) is 23.3 Å². The molecule has 0 radical (unpaired) electrons. The lowest BCUT2D eigenvalue weighted by Crippen LogP contribution is -2.06. The highest BCUT2D eigenvalue weighted by atomic mass is 16.5. The lowest BCUT2D eigenvalue weighted by Gasteiger charge is -2.05. The minimum Gasteiger partial charge on any atom is -0.461 e. The number of carbonyl (C=O) groups excluding carboxylic acids is 1. The standard InChI is InChI=1S/C12H10N4O2/c1-2-18-12(17)11-7-10(15-16-13)8-5-3-4-6-9(8)14-11/h3-7H,2H2,1H3. The van der Waals surface area contributed by atoms with Gasteiger partial charge in [0.2, 0.25) is 0 Å². The lowest BCUT2D eigenvalue weighted by molar-refractivity contribution is 0.0520. The number of nitrogens with zero attached hydrogens (tertiary/aromatic N) is 4. The number of carbonyl (C=O) groups is 1. The number of benzene rings is 1. The van der Waals surface area contributed by atoms with E-state index in [0.717, 1.165) is 0 Å². The van der Waals surface area contributed by atoms with Crippen molar-refractivity contribution >= 4 is 22.6 Å². The van der Waals surface area contributed by atoms with E-state index < -0.39 is 5.97 Å². The maximum absolute atomic E-state index is 11.6. The van der Waals surface area contributed by atoms with E-state index in [4.69, 9.17) is 10.3 Å². The number of azide groups is 1. The predicted octanol–water partition coefficient (Wildman–Crippen LogP) is 3.35. The quantitative estimate of drug-likeness (QED) is 0.358. The first kappa shape index (κ1) is 11.9. The first-order valence-electron chi connectivity index (χ1n) is 5.38. The van der Waals surface area contributed by atoms with Crippen LogP contribution in [-0.2, 0) is 4.74 Å². The van der Waals surface area contributed by atoms with E-state index in [9.17, 15) is 4.79 Å². The van der Waals surface area contributed by atoms with Gasteiger partial charge in [0.25, 0.3) is 0 Å². The third-order valence-electron chi connectivity index (χ3n) is 2.33. The summed E-state index contributed by atoms with van der Waals surface area (Å²) in [7, 11) is 0. The topological polar surface area (TPSA) is 88.0 Å². The van der Waals surface area contributed by atoms with Crippen LogP contribution in [0, 0.1) is 0 Å². The van der Waals surface area contributed by atoms with Crippen LogP contribution in [0.2, 0.25) is 0 Å². The zero-order chi connectivity index (χ0) is 13.0. The average molecular weight is 242 g/mol. The van der Waals surface area contributed by atoms with Gasteiger partial charge in [0.15, 0.2) is 0 Å². The van der Waals surface area contributed by atoms with E-state index in [-0.39, 0.29) is 12.3 Å². The van der Waals surface area contributed by atoms with Crippen LogP contribution >= 0.6 is 0 Å². The fourth-order valence-corrected chi connectivity index (χ4v) is 1.60. The molecule has 1 heterocycles. The molecule has 0 spiro atoms. The molecule has 0 atom stereocenters. The lowest BCUT2D eigenvalue weighted by atomic mass is 10.1. The zero-order valence-corrected chi connectivity index (χ0v) is 9.70. The minimum absolute atomic E-state index is 0.137. The van der Waals surface area contributed by atoms with Gasteiger partial charge in [0.05, 0.1) is 12.1 Å². The van der Waals surface area contributed by atoms with Crippen molar-refractivity contribution in [1.82, 2.24) is 4.98 Å². The number of pyridine rings is 1. The number of hydrogen-bond donors (Lipinski definition) is 0. The molecule has 0 N–H and O–H groups in total. The molecule has 0 saturated heterocycles. The summed E-state index contributed by atoms with van der Waals surface area (Å²) in [4.78, 5) is 18.6. The molecule has 0 fully saturated rings. The largest absolute Gasteiger partial charge is 0.461 e. The Bertz CT molecular complexity index is 648. The molecule has 2 aromatic rings. The maximum Gasteiger partial charge on any atom is 0.356 e. The Morgan fingerprint density at radius 2 is 2.28 bits per heavy atom. The minimum atomic E-state index is -0.530. The molecule has 18 heavy (non-hydrogen) atoms. The number of rotatable bonds is 3. The highest BCUT2D eigenvalue weighted by Gasteiger charge is 2.11. The number of ether oxygens (including phenoxy) is 1. The van der Waals surface area contributed by atoms with Gasteiger partial charge in [-0.3, -0.25) is 0 Å². The first-order chi connectivity index (χ1) is 8.76. The van der Waals surface area contributed by atoms with Gasteiger partial charge >= 0.3 is 5.97 Å². The highest BCUT2D eigenvalue weighted by molar-refractivity contribution is 5.96. The van der Waals surface area contributed by atoms with Gasteiger partial charge in [-0.2, -0.15) is 0 Å². The molecule has 2 rings (SSSR count). The van der Waals surface area contributed by atoms with Crippen molar-refractivity contribution in [3.8, 4) is 0 Å². The normalized spacial score (nSPS) is 9.83. The van der Waals surface area contributed by atoms with E-state index in [1.807, 2.05) is 6.07 Å². The first-order valence-corrected chi connectivity index (χ1v) is 5.38. The average Bonchev–Trinajstić information content (AvgIpc) is 2.39. The van der Waals surface area contributed by atoms with Crippen LogP contribution in [0.5, 0.6) is 0 Å². The van der Waals surface area contributed by atoms with Crippen LogP contribution in [-0.4, -0.2) is 17.6 Å². The molecule has 1 aromatic heterocycles. The Balaban J connectivity index is 2.64. The Kier molecular flexibility index (Phi) is 3.41. The van der Waals surface area contributed by atoms with Crippen molar-refractivity contribution in [2.75, 3.05) is 6.61 Å². The summed E-state index contributed by atoms with van der Waals surface area (Å²) in [5.74, 6) is -0.530. The summed E-state index contributed by atoms with van der Waals surface area (Å²) in [6.45, 7) is 1.98. The summed E-state index contributed by atoms with van der Waals surface area (Å²) >= 11 is 0. The van der Waals surface area contributed by atoms with Crippen molar-refractivity contribution in [2.24, 2.45) is 5.11 Å². The number of hydrogen-bond acceptors (Lipinski definition) is 4. The van der Waals surface area contributed by atoms with Gasteiger partial charge in [-0.15, -0.1) is 0 Å². The smallest absolute Gasteiger partial charge is 0.356 e. The second-order valence-corrected chi connectivity index (χ2v) is 3.45. The second kappa shape index (κ2) is 5.16. The molecular formula is C12H10N4O2. The van der Waals surface area contributed by atoms with Crippen LogP contribution in [0.4, 0.5) is 5.69 Å². The third-order valence-corrected chi connectivity index (χ3v) is 2.33. The zero-order valence-electron chi connectivity index (χ0n) is 9.70. The molecule has 1 aromatic carbocycles. The molecule has 0 aliphatic carbocycles. The molecule has 6 nitrogen and oxygen atoms in total. The molecule has 6 heteroatoms. The SMILES string of the molecule is CCOC(=O)c1cc(N=[N+]=[N-])c2ccccc2n1. The van der Waals surface area contributed by atoms with Crippen molar-refractivity contribution in [3.05, 3.63) is 46.5 Å². The van der Waals surface area contributed by atoms with Gasteiger partial charge in [0.1, 0.15) is 5.69 Å². The van der Waals surface area contributed by atoms with E-state index >= 15 is 0 Å². The van der Waals surface area contributed by atoms with Crippen LogP contribution in [0.1, 0.15) is 17.4 Å². The Morgan fingerprint density at radius 1 is 1.50 bits per heavy atom. The number of esters is 1. The van der Waals surface area contributed by atoms with Crippen molar-refractivity contribution in [2.45, 2.75) is 6.92 Å². The van der Waals surface area contributed by atoms with Gasteiger partial charge in [-0.25, -0.2) is 9.78 Å². The van der Waals surface area contributed by atoms with Gasteiger partial charge in [-0.05, 0) is 24.6 Å². The Hall–Kier alpha value is -2.59. The summed E-state index contributed by atoms with van der Waals surface area (Å²) in [6, 6.07) is 8.56. The van der Waals surface area contributed by atoms with Gasteiger partial charge < -0.3 is 4.74 Å². The molecule has 0 bridgehead atoms. The third kappa shape index (κ3) is 2.23. The predicted molar refractivity (Wildman–Crippen MR) is 66.5 cm³/mol. The molecule has 0 aliphatic heterocycles. The molecule has 0 amide bonds. The fraction of sp³-hybridized carbons (Fsp3) is 0.167. The fourth-order valence-electron chi connectivity index (χ4n) is 1.60. The summed E-state index contributed by atoms with van der Waals surface area (Å²) in [5.41, 5.74) is 9.63. The molecule has 0 saturated carbocycles. The van der Waals surface area contributed by atoms with Crippen molar-refractivity contribution in [1.29, 1.82) is 0 Å².